The van der Waals surface area contributed by atoms with Crippen molar-refractivity contribution in [3.8, 4) is 5.75 Å². The number of carbonyl (C=O) groups is 1. The van der Waals surface area contributed by atoms with E-state index in [9.17, 15) is 13.6 Å². The maximum atomic E-state index is 12.0. The van der Waals surface area contributed by atoms with E-state index in [1.165, 1.54) is 18.2 Å². The van der Waals surface area contributed by atoms with E-state index in [4.69, 9.17) is 16.3 Å². The highest BCUT2D eigenvalue weighted by atomic mass is 35.5. The zero-order valence-corrected chi connectivity index (χ0v) is 10.1. The summed E-state index contributed by atoms with van der Waals surface area (Å²) in [5.74, 6) is -0.921. The summed E-state index contributed by atoms with van der Waals surface area (Å²) in [6.45, 7) is 3.67. The van der Waals surface area contributed by atoms with Gasteiger partial charge >= 0.3 is 6.43 Å². The number of hydrogen-bond acceptors (Lipinski definition) is 2. The molecule has 1 rings (SSSR count). The summed E-state index contributed by atoms with van der Waals surface area (Å²) in [7, 11) is 0. The quantitative estimate of drug-likeness (QED) is 0.905. The fraction of sp³-hybridized carbons (Fsp3) is 0.364. The van der Waals surface area contributed by atoms with E-state index in [1.807, 2.05) is 19.2 Å². The molecule has 0 saturated carbocycles. The molecule has 1 amide bonds. The van der Waals surface area contributed by atoms with Gasteiger partial charge in [-0.3, -0.25) is 4.79 Å². The Hall–Kier alpha value is -1.36. The highest BCUT2D eigenvalue weighted by Crippen LogP contribution is 2.28. The first-order chi connectivity index (χ1) is 7.90. The number of anilines is 1. The fourth-order valence-corrected chi connectivity index (χ4v) is 1.35. The van der Waals surface area contributed by atoms with Crippen molar-refractivity contribution in [3.63, 3.8) is 0 Å². The largest absolute Gasteiger partial charge is 0.489 e. The molecule has 0 heterocycles. The average Bonchev–Trinajstić information content (AvgIpc) is 2.21. The predicted octanol–water partition coefficient (Wildman–Crippen LogP) is 3.33. The minimum absolute atomic E-state index is 0.0472. The summed E-state index contributed by atoms with van der Waals surface area (Å²) in [5, 5.41) is 2.29. The van der Waals surface area contributed by atoms with Gasteiger partial charge in [0.2, 0.25) is 0 Å². The van der Waals surface area contributed by atoms with Crippen LogP contribution in [0.15, 0.2) is 18.2 Å². The molecule has 94 valence electrons. The van der Waals surface area contributed by atoms with E-state index in [0.29, 0.717) is 5.75 Å². The second-order valence-corrected chi connectivity index (χ2v) is 4.01. The number of amides is 1. The van der Waals surface area contributed by atoms with Crippen molar-refractivity contribution in [1.29, 1.82) is 0 Å². The Balaban J connectivity index is 2.78. The molecule has 0 aliphatic rings. The van der Waals surface area contributed by atoms with Gasteiger partial charge in [0.1, 0.15) is 5.75 Å². The van der Waals surface area contributed by atoms with E-state index < -0.39 is 12.3 Å². The van der Waals surface area contributed by atoms with Crippen molar-refractivity contribution in [1.82, 2.24) is 0 Å². The molecule has 0 unspecified atom stereocenters. The van der Waals surface area contributed by atoms with Crippen molar-refractivity contribution in [2.45, 2.75) is 26.4 Å². The first-order valence-corrected chi connectivity index (χ1v) is 5.33. The normalized spacial score (nSPS) is 10.8. The standard InChI is InChI=1S/C11H12ClF2NO2/c1-6(2)17-9-4-3-7(5-8(9)12)15-11(16)10(13)14/h3-6,10H,1-2H3,(H,15,16). The molecule has 0 spiro atoms. The van der Waals surface area contributed by atoms with Crippen LogP contribution < -0.4 is 10.1 Å². The van der Waals surface area contributed by atoms with Crippen molar-refractivity contribution in [2.24, 2.45) is 0 Å². The summed E-state index contributed by atoms with van der Waals surface area (Å²) in [6.07, 6.45) is -3.10. The molecule has 1 aromatic rings. The molecular formula is C11H12ClF2NO2. The monoisotopic (exact) mass is 263 g/mol. The van der Waals surface area contributed by atoms with Crippen LogP contribution >= 0.6 is 11.6 Å². The van der Waals surface area contributed by atoms with Gasteiger partial charge < -0.3 is 10.1 Å². The van der Waals surface area contributed by atoms with Gasteiger partial charge in [-0.2, -0.15) is 8.78 Å². The Bertz CT molecular complexity index is 410. The molecule has 6 heteroatoms. The number of ether oxygens (including phenoxy) is 1. The lowest BCUT2D eigenvalue weighted by Crippen LogP contribution is -2.20. The molecule has 0 atom stereocenters. The Morgan fingerprint density at radius 2 is 2.06 bits per heavy atom. The first kappa shape index (κ1) is 13.7. The molecule has 0 aromatic heterocycles. The van der Waals surface area contributed by atoms with Gasteiger partial charge in [-0.05, 0) is 32.0 Å². The lowest BCUT2D eigenvalue weighted by molar-refractivity contribution is -0.126. The van der Waals surface area contributed by atoms with E-state index in [1.54, 1.807) is 0 Å². The predicted molar refractivity (Wildman–Crippen MR) is 61.8 cm³/mol. The van der Waals surface area contributed by atoms with E-state index >= 15 is 0 Å². The number of benzene rings is 1. The van der Waals surface area contributed by atoms with Crippen LogP contribution in [0.3, 0.4) is 0 Å². The first-order valence-electron chi connectivity index (χ1n) is 4.95. The van der Waals surface area contributed by atoms with Gasteiger partial charge in [0.05, 0.1) is 11.1 Å². The van der Waals surface area contributed by atoms with Crippen molar-refractivity contribution in [2.75, 3.05) is 5.32 Å². The van der Waals surface area contributed by atoms with Crippen LogP contribution in [0.1, 0.15) is 13.8 Å². The summed E-state index contributed by atoms with van der Waals surface area (Å²) in [6, 6.07) is 4.33. The Morgan fingerprint density at radius 3 is 2.53 bits per heavy atom. The highest BCUT2D eigenvalue weighted by Gasteiger charge is 2.15. The van der Waals surface area contributed by atoms with Crippen molar-refractivity contribution < 1.29 is 18.3 Å². The van der Waals surface area contributed by atoms with Gasteiger partial charge in [0, 0.05) is 5.69 Å². The minimum Gasteiger partial charge on any atom is -0.489 e. The molecule has 0 aliphatic heterocycles. The smallest absolute Gasteiger partial charge is 0.315 e. The fourth-order valence-electron chi connectivity index (χ4n) is 1.12. The third-order valence-electron chi connectivity index (χ3n) is 1.76. The van der Waals surface area contributed by atoms with Crippen LogP contribution in [0.4, 0.5) is 14.5 Å². The zero-order valence-electron chi connectivity index (χ0n) is 9.34. The summed E-state index contributed by atoms with van der Waals surface area (Å²) in [5.41, 5.74) is 0.205. The topological polar surface area (TPSA) is 38.3 Å². The molecule has 1 aromatic carbocycles. The van der Waals surface area contributed by atoms with Crippen LogP contribution in [0.2, 0.25) is 5.02 Å². The number of hydrogen-bond donors (Lipinski definition) is 1. The number of alkyl halides is 2. The number of carbonyl (C=O) groups excluding carboxylic acids is 1. The number of nitrogens with one attached hydrogen (secondary N) is 1. The molecule has 3 nitrogen and oxygen atoms in total. The third kappa shape index (κ3) is 4.19. The van der Waals surface area contributed by atoms with Crippen molar-refractivity contribution in [3.05, 3.63) is 23.2 Å². The number of rotatable bonds is 4. The van der Waals surface area contributed by atoms with Gasteiger partial charge in [-0.1, -0.05) is 11.6 Å². The Labute approximate surface area is 103 Å². The molecule has 0 fully saturated rings. The molecule has 0 aliphatic carbocycles. The van der Waals surface area contributed by atoms with Gasteiger partial charge in [-0.15, -0.1) is 0 Å². The van der Waals surface area contributed by atoms with Crippen LogP contribution in [0.25, 0.3) is 0 Å². The van der Waals surface area contributed by atoms with E-state index in [0.717, 1.165) is 0 Å². The zero-order chi connectivity index (χ0) is 13.0. The van der Waals surface area contributed by atoms with Crippen LogP contribution in [0.5, 0.6) is 5.75 Å². The lowest BCUT2D eigenvalue weighted by atomic mass is 10.3. The minimum atomic E-state index is -3.06. The molecular weight excluding hydrogens is 252 g/mol. The lowest BCUT2D eigenvalue weighted by Gasteiger charge is -2.12. The van der Waals surface area contributed by atoms with Gasteiger partial charge in [0.25, 0.3) is 5.91 Å². The van der Waals surface area contributed by atoms with E-state index in [-0.39, 0.29) is 16.8 Å². The molecule has 0 saturated heterocycles. The van der Waals surface area contributed by atoms with Gasteiger partial charge in [0.15, 0.2) is 0 Å². The molecule has 17 heavy (non-hydrogen) atoms. The summed E-state index contributed by atoms with van der Waals surface area (Å²) in [4.78, 5) is 10.8. The maximum Gasteiger partial charge on any atom is 0.315 e. The highest BCUT2D eigenvalue weighted by molar-refractivity contribution is 6.32. The Kier molecular flexibility index (Phi) is 4.69. The Morgan fingerprint density at radius 1 is 1.41 bits per heavy atom. The SMILES string of the molecule is CC(C)Oc1ccc(NC(=O)C(F)F)cc1Cl. The third-order valence-corrected chi connectivity index (χ3v) is 2.06. The van der Waals surface area contributed by atoms with Gasteiger partial charge in [-0.25, -0.2) is 0 Å². The summed E-state index contributed by atoms with van der Waals surface area (Å²) < 4.78 is 29.4. The van der Waals surface area contributed by atoms with E-state index in [2.05, 4.69) is 0 Å². The summed E-state index contributed by atoms with van der Waals surface area (Å²) >= 11 is 5.87. The average molecular weight is 264 g/mol. The van der Waals surface area contributed by atoms with Crippen LogP contribution in [0, 0.1) is 0 Å². The molecule has 0 bridgehead atoms. The molecule has 0 radical (unpaired) electrons. The van der Waals surface area contributed by atoms with Crippen LogP contribution in [-0.2, 0) is 4.79 Å². The van der Waals surface area contributed by atoms with Crippen molar-refractivity contribution >= 4 is 23.2 Å². The number of halogens is 3. The second kappa shape index (κ2) is 5.82. The van der Waals surface area contributed by atoms with Crippen LogP contribution in [-0.4, -0.2) is 18.4 Å². The maximum absolute atomic E-state index is 12.0. The molecule has 1 N–H and O–H groups in total. The second-order valence-electron chi connectivity index (χ2n) is 3.60.